The Morgan fingerprint density at radius 1 is 1.40 bits per heavy atom. The summed E-state index contributed by atoms with van der Waals surface area (Å²) in [7, 11) is 0. The van der Waals surface area contributed by atoms with Gasteiger partial charge >= 0.3 is 0 Å². The van der Waals surface area contributed by atoms with Gasteiger partial charge in [-0.05, 0) is 0 Å². The molecule has 0 bridgehead atoms. The second-order valence-electron chi connectivity index (χ2n) is 3.39. The lowest BCUT2D eigenvalue weighted by Gasteiger charge is -2.15. The van der Waals surface area contributed by atoms with Crippen LogP contribution in [0.3, 0.4) is 0 Å². The summed E-state index contributed by atoms with van der Waals surface area (Å²) in [5, 5.41) is 7.78. The molecule has 0 radical (unpaired) electrons. The van der Waals surface area contributed by atoms with E-state index in [-0.39, 0.29) is 0 Å². The Morgan fingerprint density at radius 3 is 3.13 bits per heavy atom. The molecule has 0 amide bonds. The topological polar surface area (TPSA) is 66.0 Å². The van der Waals surface area contributed by atoms with Gasteiger partial charge in [0.05, 0.1) is 12.8 Å². The van der Waals surface area contributed by atoms with Crippen LogP contribution in [0.5, 0.6) is 0 Å². The standard InChI is InChI=1S/C9H10N4O2/c1-6-11-12-9(15-6)7-4-10-8-5-14-3-2-13(7)8/h4H,2-3,5H2,1H3. The average Bonchev–Trinajstić information content (AvgIpc) is 2.83. The van der Waals surface area contributed by atoms with E-state index < -0.39 is 0 Å². The van der Waals surface area contributed by atoms with Crippen LogP contribution in [0.1, 0.15) is 11.7 Å². The summed E-state index contributed by atoms with van der Waals surface area (Å²) >= 11 is 0. The molecule has 0 N–H and O–H groups in total. The van der Waals surface area contributed by atoms with Crippen molar-refractivity contribution < 1.29 is 9.15 Å². The molecule has 0 saturated heterocycles. The van der Waals surface area contributed by atoms with E-state index in [1.165, 1.54) is 0 Å². The third-order valence-electron chi connectivity index (χ3n) is 2.37. The third-order valence-corrected chi connectivity index (χ3v) is 2.37. The normalized spacial score (nSPS) is 15.3. The first-order valence-corrected chi connectivity index (χ1v) is 4.77. The quantitative estimate of drug-likeness (QED) is 0.689. The molecule has 0 atom stereocenters. The molecule has 6 heteroatoms. The number of imidazole rings is 1. The van der Waals surface area contributed by atoms with Crippen molar-refractivity contribution in [1.82, 2.24) is 19.7 Å². The van der Waals surface area contributed by atoms with E-state index in [9.17, 15) is 0 Å². The van der Waals surface area contributed by atoms with Gasteiger partial charge in [0.15, 0.2) is 0 Å². The monoisotopic (exact) mass is 206 g/mol. The summed E-state index contributed by atoms with van der Waals surface area (Å²) in [6, 6.07) is 0. The fourth-order valence-electron chi connectivity index (χ4n) is 1.67. The molecule has 78 valence electrons. The van der Waals surface area contributed by atoms with E-state index in [0.29, 0.717) is 25.0 Å². The second-order valence-corrected chi connectivity index (χ2v) is 3.39. The summed E-state index contributed by atoms with van der Waals surface area (Å²) in [6.45, 7) is 3.80. The highest BCUT2D eigenvalue weighted by molar-refractivity contribution is 5.46. The van der Waals surface area contributed by atoms with Crippen molar-refractivity contribution in [2.45, 2.75) is 20.1 Å². The molecule has 0 unspecified atom stereocenters. The molecular weight excluding hydrogens is 196 g/mol. The van der Waals surface area contributed by atoms with E-state index in [4.69, 9.17) is 9.15 Å². The Labute approximate surface area is 85.9 Å². The van der Waals surface area contributed by atoms with Crippen LogP contribution < -0.4 is 0 Å². The molecular formula is C9H10N4O2. The summed E-state index contributed by atoms with van der Waals surface area (Å²) in [4.78, 5) is 4.25. The van der Waals surface area contributed by atoms with Gasteiger partial charge in [-0.15, -0.1) is 10.2 Å². The van der Waals surface area contributed by atoms with Crippen LogP contribution in [0.4, 0.5) is 0 Å². The van der Waals surface area contributed by atoms with E-state index in [1.54, 1.807) is 13.1 Å². The highest BCUT2D eigenvalue weighted by Crippen LogP contribution is 2.21. The van der Waals surface area contributed by atoms with Crippen LogP contribution >= 0.6 is 0 Å². The number of rotatable bonds is 1. The molecule has 0 fully saturated rings. The maximum absolute atomic E-state index is 5.37. The number of ether oxygens (including phenoxy) is 1. The minimum atomic E-state index is 0.521. The summed E-state index contributed by atoms with van der Waals surface area (Å²) in [6.07, 6.45) is 1.75. The molecule has 6 nitrogen and oxygen atoms in total. The lowest BCUT2D eigenvalue weighted by Crippen LogP contribution is -2.17. The fraction of sp³-hybridized carbons (Fsp3) is 0.444. The van der Waals surface area contributed by atoms with Crippen LogP contribution in [0.25, 0.3) is 11.6 Å². The Kier molecular flexibility index (Phi) is 1.81. The van der Waals surface area contributed by atoms with Gasteiger partial charge < -0.3 is 13.7 Å². The molecule has 2 aromatic heterocycles. The van der Waals surface area contributed by atoms with Crippen molar-refractivity contribution in [1.29, 1.82) is 0 Å². The minimum Gasteiger partial charge on any atom is -0.420 e. The lowest BCUT2D eigenvalue weighted by atomic mass is 10.4. The zero-order chi connectivity index (χ0) is 10.3. The number of nitrogens with zero attached hydrogens (tertiary/aromatic N) is 4. The molecule has 2 aromatic rings. The second kappa shape index (κ2) is 3.16. The first kappa shape index (κ1) is 8.60. The van der Waals surface area contributed by atoms with Gasteiger partial charge in [0.2, 0.25) is 5.89 Å². The molecule has 1 aliphatic rings. The summed E-state index contributed by atoms with van der Waals surface area (Å²) < 4.78 is 12.7. The fourth-order valence-corrected chi connectivity index (χ4v) is 1.67. The molecule has 1 aliphatic heterocycles. The molecule has 0 saturated carbocycles. The lowest BCUT2D eigenvalue weighted by molar-refractivity contribution is 0.0820. The maximum Gasteiger partial charge on any atom is 0.265 e. The molecule has 3 heterocycles. The van der Waals surface area contributed by atoms with Crippen LogP contribution in [-0.4, -0.2) is 26.4 Å². The van der Waals surface area contributed by atoms with Gasteiger partial charge in [-0.25, -0.2) is 4.98 Å². The van der Waals surface area contributed by atoms with Gasteiger partial charge in [-0.3, -0.25) is 0 Å². The van der Waals surface area contributed by atoms with Crippen LogP contribution in [0.15, 0.2) is 10.6 Å². The van der Waals surface area contributed by atoms with Gasteiger partial charge in [-0.2, -0.15) is 0 Å². The molecule has 3 rings (SSSR count). The van der Waals surface area contributed by atoms with Gasteiger partial charge in [-0.1, -0.05) is 0 Å². The van der Waals surface area contributed by atoms with Crippen molar-refractivity contribution >= 4 is 0 Å². The van der Waals surface area contributed by atoms with Crippen LogP contribution in [0, 0.1) is 6.92 Å². The number of aryl methyl sites for hydroxylation is 1. The van der Waals surface area contributed by atoms with Crippen molar-refractivity contribution in [2.75, 3.05) is 6.61 Å². The summed E-state index contributed by atoms with van der Waals surface area (Å²) in [5.74, 6) is 1.99. The number of aromatic nitrogens is 4. The highest BCUT2D eigenvalue weighted by atomic mass is 16.5. The zero-order valence-electron chi connectivity index (χ0n) is 8.30. The van der Waals surface area contributed by atoms with Crippen molar-refractivity contribution in [3.8, 4) is 11.6 Å². The van der Waals surface area contributed by atoms with Crippen LogP contribution in [-0.2, 0) is 17.9 Å². The summed E-state index contributed by atoms with van der Waals surface area (Å²) in [5.41, 5.74) is 0.869. The van der Waals surface area contributed by atoms with E-state index >= 15 is 0 Å². The van der Waals surface area contributed by atoms with Crippen molar-refractivity contribution in [3.05, 3.63) is 17.9 Å². The Hall–Kier alpha value is -1.69. The maximum atomic E-state index is 5.37. The van der Waals surface area contributed by atoms with Crippen LogP contribution in [0.2, 0.25) is 0 Å². The van der Waals surface area contributed by atoms with Crippen molar-refractivity contribution in [2.24, 2.45) is 0 Å². The smallest absolute Gasteiger partial charge is 0.265 e. The zero-order valence-corrected chi connectivity index (χ0v) is 8.30. The van der Waals surface area contributed by atoms with Gasteiger partial charge in [0, 0.05) is 13.5 Å². The van der Waals surface area contributed by atoms with Gasteiger partial charge in [0.25, 0.3) is 5.89 Å². The predicted octanol–water partition coefficient (Wildman–Crippen LogP) is 0.772. The number of hydrogen-bond donors (Lipinski definition) is 0. The SMILES string of the molecule is Cc1nnc(-c2cnc3n2CCOC3)o1. The molecule has 0 aliphatic carbocycles. The van der Waals surface area contributed by atoms with E-state index in [2.05, 4.69) is 19.7 Å². The minimum absolute atomic E-state index is 0.521. The third kappa shape index (κ3) is 1.33. The first-order chi connectivity index (χ1) is 7.34. The number of hydrogen-bond acceptors (Lipinski definition) is 5. The largest absolute Gasteiger partial charge is 0.420 e. The first-order valence-electron chi connectivity index (χ1n) is 4.77. The van der Waals surface area contributed by atoms with E-state index in [1.807, 2.05) is 0 Å². The van der Waals surface area contributed by atoms with Gasteiger partial charge in [0.1, 0.15) is 18.1 Å². The molecule has 0 aromatic carbocycles. The van der Waals surface area contributed by atoms with Crippen molar-refractivity contribution in [3.63, 3.8) is 0 Å². The Morgan fingerprint density at radius 2 is 2.33 bits per heavy atom. The predicted molar refractivity (Wildman–Crippen MR) is 49.9 cm³/mol. The number of fused-ring (bicyclic) bond motifs is 1. The molecule has 0 spiro atoms. The molecule has 15 heavy (non-hydrogen) atoms. The average molecular weight is 206 g/mol. The Bertz CT molecular complexity index is 488. The highest BCUT2D eigenvalue weighted by Gasteiger charge is 2.18. The van der Waals surface area contributed by atoms with E-state index in [0.717, 1.165) is 18.1 Å². The Balaban J connectivity index is 2.08.